The standard InChI is InChI=1S/C16H23ClN2O5S/c1-11(2)19-25(21,22)13-5-6-15(14(17)8-13)24-10-16(20)18-9-12-4-3-7-23-12/h5-6,8,11-12,19H,3-4,7,9-10H2,1-2H3,(H,18,20)/t12-/m0/s1. The van der Waals surface area contributed by atoms with Crippen LogP contribution in [-0.4, -0.2) is 46.2 Å². The second-order valence-corrected chi connectivity index (χ2v) is 8.22. The first-order valence-corrected chi connectivity index (χ1v) is 9.97. The highest BCUT2D eigenvalue weighted by Gasteiger charge is 2.18. The average Bonchev–Trinajstić information content (AvgIpc) is 3.03. The molecule has 0 spiro atoms. The van der Waals surface area contributed by atoms with E-state index in [0.29, 0.717) is 6.54 Å². The van der Waals surface area contributed by atoms with Crippen molar-refractivity contribution in [2.75, 3.05) is 19.8 Å². The lowest BCUT2D eigenvalue weighted by atomic mass is 10.2. The van der Waals surface area contributed by atoms with Crippen molar-refractivity contribution < 1.29 is 22.7 Å². The van der Waals surface area contributed by atoms with E-state index in [0.717, 1.165) is 19.4 Å². The van der Waals surface area contributed by atoms with Gasteiger partial charge in [0.2, 0.25) is 10.0 Å². The fourth-order valence-corrected chi connectivity index (χ4v) is 3.95. The molecule has 1 aromatic rings. The lowest BCUT2D eigenvalue weighted by molar-refractivity contribution is -0.123. The Balaban J connectivity index is 1.89. The summed E-state index contributed by atoms with van der Waals surface area (Å²) in [5.41, 5.74) is 0. The second kappa shape index (κ2) is 8.84. The average molecular weight is 391 g/mol. The maximum absolute atomic E-state index is 12.1. The molecule has 1 heterocycles. The number of hydrogen-bond donors (Lipinski definition) is 2. The molecule has 0 aromatic heterocycles. The van der Waals surface area contributed by atoms with E-state index < -0.39 is 10.0 Å². The SMILES string of the molecule is CC(C)NS(=O)(=O)c1ccc(OCC(=O)NC[C@@H]2CCCO2)c(Cl)c1. The molecule has 25 heavy (non-hydrogen) atoms. The van der Waals surface area contributed by atoms with E-state index in [1.165, 1.54) is 18.2 Å². The van der Waals surface area contributed by atoms with Crippen LogP contribution in [0.5, 0.6) is 5.75 Å². The van der Waals surface area contributed by atoms with Gasteiger partial charge in [-0.25, -0.2) is 13.1 Å². The number of hydrogen-bond acceptors (Lipinski definition) is 5. The first-order valence-electron chi connectivity index (χ1n) is 8.11. The van der Waals surface area contributed by atoms with Gasteiger partial charge in [0.15, 0.2) is 6.61 Å². The fraction of sp³-hybridized carbons (Fsp3) is 0.562. The summed E-state index contributed by atoms with van der Waals surface area (Å²) in [5, 5.41) is 2.86. The van der Waals surface area contributed by atoms with Gasteiger partial charge in [-0.2, -0.15) is 0 Å². The van der Waals surface area contributed by atoms with Gasteiger partial charge in [0.05, 0.1) is 16.0 Å². The van der Waals surface area contributed by atoms with Gasteiger partial charge in [0.25, 0.3) is 5.91 Å². The summed E-state index contributed by atoms with van der Waals surface area (Å²) < 4.78 is 37.4. The van der Waals surface area contributed by atoms with Crippen LogP contribution in [0.4, 0.5) is 0 Å². The predicted octanol–water partition coefficient (Wildman–Crippen LogP) is 1.70. The number of halogens is 1. The minimum absolute atomic E-state index is 0.0429. The monoisotopic (exact) mass is 390 g/mol. The summed E-state index contributed by atoms with van der Waals surface area (Å²) >= 11 is 6.07. The van der Waals surface area contributed by atoms with Gasteiger partial charge >= 0.3 is 0 Å². The van der Waals surface area contributed by atoms with Crippen molar-refractivity contribution in [3.8, 4) is 5.75 Å². The van der Waals surface area contributed by atoms with Crippen LogP contribution in [-0.2, 0) is 19.6 Å². The Morgan fingerprint density at radius 1 is 1.44 bits per heavy atom. The third-order valence-electron chi connectivity index (χ3n) is 3.51. The summed E-state index contributed by atoms with van der Waals surface area (Å²) in [6.45, 7) is 4.43. The van der Waals surface area contributed by atoms with E-state index in [-0.39, 0.29) is 40.3 Å². The smallest absolute Gasteiger partial charge is 0.258 e. The number of carbonyl (C=O) groups excluding carboxylic acids is 1. The molecule has 0 radical (unpaired) electrons. The molecule has 0 bridgehead atoms. The Hall–Kier alpha value is -1.35. The van der Waals surface area contributed by atoms with Crippen LogP contribution in [0.3, 0.4) is 0 Å². The first kappa shape index (κ1) is 20.0. The van der Waals surface area contributed by atoms with Crippen molar-refractivity contribution in [3.05, 3.63) is 23.2 Å². The topological polar surface area (TPSA) is 93.7 Å². The molecule has 1 saturated heterocycles. The number of sulfonamides is 1. The fourth-order valence-electron chi connectivity index (χ4n) is 2.37. The van der Waals surface area contributed by atoms with Crippen molar-refractivity contribution in [2.45, 2.75) is 43.7 Å². The molecular formula is C16H23ClN2O5S. The lowest BCUT2D eigenvalue weighted by Gasteiger charge is -2.13. The minimum atomic E-state index is -3.63. The van der Waals surface area contributed by atoms with Crippen molar-refractivity contribution in [1.29, 1.82) is 0 Å². The summed E-state index contributed by atoms with van der Waals surface area (Å²) in [5.74, 6) is -0.0397. The largest absolute Gasteiger partial charge is 0.482 e. The van der Waals surface area contributed by atoms with Gasteiger partial charge in [-0.1, -0.05) is 11.6 Å². The molecule has 9 heteroatoms. The molecule has 1 amide bonds. The highest BCUT2D eigenvalue weighted by Crippen LogP contribution is 2.27. The van der Waals surface area contributed by atoms with E-state index in [4.69, 9.17) is 21.1 Å². The number of nitrogens with one attached hydrogen (secondary N) is 2. The molecule has 1 fully saturated rings. The van der Waals surface area contributed by atoms with Crippen LogP contribution in [0.1, 0.15) is 26.7 Å². The molecule has 1 atom stereocenters. The summed E-state index contributed by atoms with van der Waals surface area (Å²) in [6.07, 6.45) is 2.01. The van der Waals surface area contributed by atoms with Gasteiger partial charge in [-0.05, 0) is 44.9 Å². The van der Waals surface area contributed by atoms with Gasteiger partial charge in [-0.3, -0.25) is 4.79 Å². The quantitative estimate of drug-likeness (QED) is 0.704. The number of amides is 1. The molecule has 1 aliphatic rings. The normalized spacial score (nSPS) is 17.7. The van der Waals surface area contributed by atoms with Crippen LogP contribution < -0.4 is 14.8 Å². The van der Waals surface area contributed by atoms with E-state index in [1.807, 2.05) is 0 Å². The molecule has 140 valence electrons. The van der Waals surface area contributed by atoms with Crippen molar-refractivity contribution >= 4 is 27.5 Å². The van der Waals surface area contributed by atoms with Gasteiger partial charge < -0.3 is 14.8 Å². The molecule has 2 N–H and O–H groups in total. The van der Waals surface area contributed by atoms with Crippen LogP contribution in [0.2, 0.25) is 5.02 Å². The van der Waals surface area contributed by atoms with E-state index >= 15 is 0 Å². The van der Waals surface area contributed by atoms with Crippen LogP contribution >= 0.6 is 11.6 Å². The maximum Gasteiger partial charge on any atom is 0.258 e. The van der Waals surface area contributed by atoms with Crippen LogP contribution in [0.25, 0.3) is 0 Å². The number of carbonyl (C=O) groups is 1. The van der Waals surface area contributed by atoms with Crippen molar-refractivity contribution in [1.82, 2.24) is 10.0 Å². The van der Waals surface area contributed by atoms with Gasteiger partial charge in [0.1, 0.15) is 5.75 Å². The number of ether oxygens (including phenoxy) is 2. The minimum Gasteiger partial charge on any atom is -0.482 e. The predicted molar refractivity (Wildman–Crippen MR) is 94.4 cm³/mol. The van der Waals surface area contributed by atoms with E-state index in [9.17, 15) is 13.2 Å². The van der Waals surface area contributed by atoms with Crippen LogP contribution in [0.15, 0.2) is 23.1 Å². The molecule has 0 saturated carbocycles. The second-order valence-electron chi connectivity index (χ2n) is 6.10. The molecular weight excluding hydrogens is 368 g/mol. The number of benzene rings is 1. The zero-order valence-electron chi connectivity index (χ0n) is 14.2. The van der Waals surface area contributed by atoms with Crippen molar-refractivity contribution in [3.63, 3.8) is 0 Å². The summed E-state index contributed by atoms with van der Waals surface area (Å²) in [6, 6.07) is 3.89. The highest BCUT2D eigenvalue weighted by atomic mass is 35.5. The molecule has 1 aromatic carbocycles. The third-order valence-corrected chi connectivity index (χ3v) is 5.47. The van der Waals surface area contributed by atoms with Gasteiger partial charge in [0, 0.05) is 19.2 Å². The Morgan fingerprint density at radius 2 is 2.20 bits per heavy atom. The first-order chi connectivity index (χ1) is 11.8. The third kappa shape index (κ3) is 6.14. The zero-order chi connectivity index (χ0) is 18.4. The van der Waals surface area contributed by atoms with E-state index in [1.54, 1.807) is 13.8 Å². The Morgan fingerprint density at radius 3 is 2.80 bits per heavy atom. The summed E-state index contributed by atoms with van der Waals surface area (Å²) in [4.78, 5) is 11.8. The van der Waals surface area contributed by atoms with Crippen molar-refractivity contribution in [2.24, 2.45) is 0 Å². The zero-order valence-corrected chi connectivity index (χ0v) is 15.8. The summed E-state index contributed by atoms with van der Waals surface area (Å²) in [7, 11) is -3.63. The Kier molecular flexibility index (Phi) is 7.06. The number of rotatable bonds is 8. The van der Waals surface area contributed by atoms with E-state index in [2.05, 4.69) is 10.0 Å². The molecule has 7 nitrogen and oxygen atoms in total. The molecule has 0 unspecified atom stereocenters. The molecule has 1 aliphatic heterocycles. The maximum atomic E-state index is 12.1. The Bertz CT molecular complexity index is 702. The molecule has 0 aliphatic carbocycles. The molecule has 2 rings (SSSR count). The van der Waals surface area contributed by atoms with Crippen LogP contribution in [0, 0.1) is 0 Å². The lowest BCUT2D eigenvalue weighted by Crippen LogP contribution is -2.35. The highest BCUT2D eigenvalue weighted by molar-refractivity contribution is 7.89. The van der Waals surface area contributed by atoms with Gasteiger partial charge in [-0.15, -0.1) is 0 Å². The Labute approximate surface area is 153 Å².